The Morgan fingerprint density at radius 3 is 2.69 bits per heavy atom. The van der Waals surface area contributed by atoms with E-state index in [9.17, 15) is 4.79 Å². The molecule has 4 heteroatoms. The molecule has 0 aliphatic rings. The number of hydrogen-bond donors (Lipinski definition) is 1. The lowest BCUT2D eigenvalue weighted by Gasteiger charge is -2.11. The highest BCUT2D eigenvalue weighted by atomic mass is 32.2. The molecule has 1 rings (SSSR count). The summed E-state index contributed by atoms with van der Waals surface area (Å²) in [6.07, 6.45) is 1.97. The molecule has 0 aromatic heterocycles. The van der Waals surface area contributed by atoms with Gasteiger partial charge in [0.05, 0.1) is 13.7 Å². The number of rotatable bonds is 5. The van der Waals surface area contributed by atoms with Gasteiger partial charge in [-0.1, -0.05) is 0 Å². The van der Waals surface area contributed by atoms with E-state index in [1.807, 2.05) is 25.3 Å². The summed E-state index contributed by atoms with van der Waals surface area (Å²) in [7, 11) is 3.38. The van der Waals surface area contributed by atoms with Crippen molar-refractivity contribution < 1.29 is 9.53 Å². The molecule has 0 atom stereocenters. The summed E-state index contributed by atoms with van der Waals surface area (Å²) >= 11 is 1.58. The van der Waals surface area contributed by atoms with Crippen LogP contribution in [0.2, 0.25) is 0 Å². The second kappa shape index (κ2) is 5.92. The molecule has 0 radical (unpaired) electrons. The summed E-state index contributed by atoms with van der Waals surface area (Å²) in [6.45, 7) is 2.32. The van der Waals surface area contributed by atoms with E-state index in [2.05, 4.69) is 5.32 Å². The third-order valence-corrected chi connectivity index (χ3v) is 3.13. The SMILES string of the molecule is CNCC(=O)c1cc(OC)c(C)cc1SC. The predicted octanol–water partition coefficient (Wildman–Crippen LogP) is 2.13. The Bertz CT molecular complexity index is 391. The Balaban J connectivity index is 3.19. The van der Waals surface area contributed by atoms with E-state index in [1.54, 1.807) is 25.9 Å². The summed E-state index contributed by atoms with van der Waals surface area (Å²) in [5.74, 6) is 0.849. The molecule has 1 aromatic rings. The molecule has 0 aliphatic carbocycles. The summed E-state index contributed by atoms with van der Waals surface area (Å²) in [6, 6.07) is 3.81. The van der Waals surface area contributed by atoms with Gasteiger partial charge in [0, 0.05) is 10.5 Å². The molecule has 3 nitrogen and oxygen atoms in total. The van der Waals surface area contributed by atoms with Crippen LogP contribution in [0, 0.1) is 6.92 Å². The van der Waals surface area contributed by atoms with Gasteiger partial charge < -0.3 is 10.1 Å². The fraction of sp³-hybridized carbons (Fsp3) is 0.417. The van der Waals surface area contributed by atoms with Crippen LogP contribution in [0.1, 0.15) is 15.9 Å². The number of ether oxygens (including phenoxy) is 1. The first kappa shape index (κ1) is 13.1. The average molecular weight is 239 g/mol. The maximum atomic E-state index is 11.9. The van der Waals surface area contributed by atoms with E-state index >= 15 is 0 Å². The zero-order chi connectivity index (χ0) is 12.1. The number of aryl methyl sites for hydroxylation is 1. The number of ketones is 1. The van der Waals surface area contributed by atoms with Gasteiger partial charge in [0.15, 0.2) is 5.78 Å². The third kappa shape index (κ3) is 2.77. The van der Waals surface area contributed by atoms with E-state index in [4.69, 9.17) is 4.74 Å². The zero-order valence-corrected chi connectivity index (χ0v) is 10.9. The van der Waals surface area contributed by atoms with Crippen LogP contribution in [-0.4, -0.2) is 32.7 Å². The van der Waals surface area contributed by atoms with Gasteiger partial charge in [0.25, 0.3) is 0 Å². The molecular weight excluding hydrogens is 222 g/mol. The summed E-state index contributed by atoms with van der Waals surface area (Å²) in [5.41, 5.74) is 1.78. The van der Waals surface area contributed by atoms with Crippen molar-refractivity contribution in [2.45, 2.75) is 11.8 Å². The van der Waals surface area contributed by atoms with Crippen molar-refractivity contribution in [1.29, 1.82) is 0 Å². The van der Waals surface area contributed by atoms with Gasteiger partial charge >= 0.3 is 0 Å². The van der Waals surface area contributed by atoms with Crippen molar-refractivity contribution in [1.82, 2.24) is 5.32 Å². The van der Waals surface area contributed by atoms with Crippen LogP contribution in [0.25, 0.3) is 0 Å². The first-order chi connectivity index (χ1) is 7.63. The van der Waals surface area contributed by atoms with Crippen molar-refractivity contribution >= 4 is 17.5 Å². The van der Waals surface area contributed by atoms with Crippen LogP contribution in [0.4, 0.5) is 0 Å². The topological polar surface area (TPSA) is 38.3 Å². The van der Waals surface area contributed by atoms with Crippen molar-refractivity contribution in [2.24, 2.45) is 0 Å². The highest BCUT2D eigenvalue weighted by molar-refractivity contribution is 7.98. The molecule has 16 heavy (non-hydrogen) atoms. The first-order valence-electron chi connectivity index (χ1n) is 5.04. The van der Waals surface area contributed by atoms with Crippen LogP contribution < -0.4 is 10.1 Å². The van der Waals surface area contributed by atoms with Crippen molar-refractivity contribution in [3.05, 3.63) is 23.3 Å². The molecular formula is C12H17NO2S. The van der Waals surface area contributed by atoms with Gasteiger partial charge in [-0.3, -0.25) is 4.79 Å². The van der Waals surface area contributed by atoms with E-state index in [-0.39, 0.29) is 5.78 Å². The number of Topliss-reactive ketones (excluding diaryl/α,β-unsaturated/α-hetero) is 1. The number of likely N-dealkylation sites (N-methyl/N-ethyl adjacent to an activating group) is 1. The largest absolute Gasteiger partial charge is 0.496 e. The van der Waals surface area contributed by atoms with E-state index in [0.29, 0.717) is 6.54 Å². The lowest BCUT2D eigenvalue weighted by molar-refractivity contribution is 0.0990. The Kier molecular flexibility index (Phi) is 4.83. The second-order valence-electron chi connectivity index (χ2n) is 3.48. The smallest absolute Gasteiger partial charge is 0.177 e. The highest BCUT2D eigenvalue weighted by Crippen LogP contribution is 2.28. The summed E-state index contributed by atoms with van der Waals surface area (Å²) in [4.78, 5) is 12.9. The normalized spacial score (nSPS) is 10.2. The maximum Gasteiger partial charge on any atom is 0.177 e. The third-order valence-electron chi connectivity index (χ3n) is 2.35. The highest BCUT2D eigenvalue weighted by Gasteiger charge is 2.13. The van der Waals surface area contributed by atoms with Gasteiger partial charge in [-0.15, -0.1) is 11.8 Å². The van der Waals surface area contributed by atoms with Crippen LogP contribution in [-0.2, 0) is 0 Å². The van der Waals surface area contributed by atoms with Crippen molar-refractivity contribution in [3.63, 3.8) is 0 Å². The first-order valence-corrected chi connectivity index (χ1v) is 6.27. The number of carbonyl (C=O) groups is 1. The standard InChI is InChI=1S/C12H17NO2S/c1-8-5-12(16-4)9(6-11(8)15-3)10(14)7-13-2/h5-6,13H,7H2,1-4H3. The Morgan fingerprint density at radius 1 is 1.50 bits per heavy atom. The lowest BCUT2D eigenvalue weighted by atomic mass is 10.1. The number of thioether (sulfide) groups is 1. The Morgan fingerprint density at radius 2 is 2.19 bits per heavy atom. The minimum atomic E-state index is 0.0881. The Labute approximate surface area is 101 Å². The molecule has 0 aliphatic heterocycles. The van der Waals surface area contributed by atoms with Gasteiger partial charge in [0.2, 0.25) is 0 Å². The summed E-state index contributed by atoms with van der Waals surface area (Å²) < 4.78 is 5.23. The molecule has 0 unspecified atom stereocenters. The van der Waals surface area contributed by atoms with Crippen LogP contribution >= 0.6 is 11.8 Å². The van der Waals surface area contributed by atoms with Gasteiger partial charge in [-0.05, 0) is 37.9 Å². The van der Waals surface area contributed by atoms with Gasteiger partial charge in [-0.2, -0.15) is 0 Å². The quantitative estimate of drug-likeness (QED) is 0.631. The van der Waals surface area contributed by atoms with Crippen molar-refractivity contribution in [3.8, 4) is 5.75 Å². The van der Waals surface area contributed by atoms with E-state index < -0.39 is 0 Å². The van der Waals surface area contributed by atoms with Gasteiger partial charge in [-0.25, -0.2) is 0 Å². The minimum absolute atomic E-state index is 0.0881. The number of carbonyl (C=O) groups excluding carboxylic acids is 1. The molecule has 0 saturated carbocycles. The van der Waals surface area contributed by atoms with Gasteiger partial charge in [0.1, 0.15) is 5.75 Å². The molecule has 0 saturated heterocycles. The van der Waals surface area contributed by atoms with E-state index in [0.717, 1.165) is 21.8 Å². The summed E-state index contributed by atoms with van der Waals surface area (Å²) in [5, 5.41) is 2.87. The molecule has 1 N–H and O–H groups in total. The average Bonchev–Trinajstić information content (AvgIpc) is 2.28. The van der Waals surface area contributed by atoms with Crippen LogP contribution in [0.15, 0.2) is 17.0 Å². The molecule has 88 valence electrons. The minimum Gasteiger partial charge on any atom is -0.496 e. The predicted molar refractivity (Wildman–Crippen MR) is 67.8 cm³/mol. The molecule has 1 aromatic carbocycles. The lowest BCUT2D eigenvalue weighted by Crippen LogP contribution is -2.19. The second-order valence-corrected chi connectivity index (χ2v) is 4.32. The molecule has 0 heterocycles. The molecule has 0 bridgehead atoms. The number of nitrogens with one attached hydrogen (secondary N) is 1. The maximum absolute atomic E-state index is 11.9. The number of methoxy groups -OCH3 is 1. The van der Waals surface area contributed by atoms with Crippen LogP contribution in [0.3, 0.4) is 0 Å². The molecule has 0 amide bonds. The Hall–Kier alpha value is -1.000. The number of hydrogen-bond acceptors (Lipinski definition) is 4. The fourth-order valence-corrected chi connectivity index (χ4v) is 2.21. The van der Waals surface area contributed by atoms with Crippen molar-refractivity contribution in [2.75, 3.05) is 27.0 Å². The number of benzene rings is 1. The van der Waals surface area contributed by atoms with Crippen LogP contribution in [0.5, 0.6) is 5.75 Å². The van der Waals surface area contributed by atoms with E-state index in [1.165, 1.54) is 0 Å². The molecule has 0 spiro atoms. The fourth-order valence-electron chi connectivity index (χ4n) is 1.52. The monoisotopic (exact) mass is 239 g/mol. The molecule has 0 fully saturated rings. The zero-order valence-electron chi connectivity index (χ0n) is 10.1.